The summed E-state index contributed by atoms with van der Waals surface area (Å²) in [6.45, 7) is 0. The standard InChI is InChI=1S/C2H2N2O4.K.Sr.3H/c5-1(6)3-4-2(7)8;;;;;/h(H,5,6)(H,7,8);;;;;/b4-3+;;;;;. The van der Waals surface area contributed by atoms with Crippen LogP contribution in [-0.4, -0.2) is 119 Å². The zero-order valence-electron chi connectivity index (χ0n) is 3.61. The van der Waals surface area contributed by atoms with E-state index in [2.05, 4.69) is 10.2 Å². The Hall–Kier alpha value is 1.66. The topological polar surface area (TPSA) is 99.3 Å². The van der Waals surface area contributed by atoms with Gasteiger partial charge in [-0.05, 0) is 0 Å². The molecule has 0 fully saturated rings. The van der Waals surface area contributed by atoms with Crippen LogP contribution < -0.4 is 0 Å². The van der Waals surface area contributed by atoms with Crippen molar-refractivity contribution in [2.75, 3.05) is 0 Å². The van der Waals surface area contributed by atoms with E-state index in [0.717, 1.165) is 0 Å². The average Bonchev–Trinajstić information content (AvgIpc) is 1.61. The molecule has 0 aliphatic rings. The first kappa shape index (κ1) is 17.7. The van der Waals surface area contributed by atoms with E-state index in [-0.39, 0.29) is 96.9 Å². The molecule has 0 aromatic heterocycles. The van der Waals surface area contributed by atoms with Gasteiger partial charge in [0.05, 0.1) is 0 Å². The molecule has 8 heteroatoms. The van der Waals surface area contributed by atoms with Crippen LogP contribution in [0.25, 0.3) is 0 Å². The van der Waals surface area contributed by atoms with E-state index < -0.39 is 12.2 Å². The zero-order chi connectivity index (χ0) is 6.57. The number of rotatable bonds is 0. The Kier molecular flexibility index (Phi) is 18.8. The molecule has 0 aliphatic carbocycles. The molecule has 2 N–H and O–H groups in total. The van der Waals surface area contributed by atoms with Gasteiger partial charge in [-0.15, -0.1) is 0 Å². The molecule has 0 heterocycles. The minimum absolute atomic E-state index is 0. The van der Waals surface area contributed by atoms with Gasteiger partial charge in [-0.1, -0.05) is 10.2 Å². The maximum atomic E-state index is 9.38. The van der Waals surface area contributed by atoms with Gasteiger partial charge in [-0.25, -0.2) is 9.59 Å². The molecule has 0 atom stereocenters. The Morgan fingerprint density at radius 1 is 1.00 bits per heavy atom. The molecule has 0 aromatic rings. The van der Waals surface area contributed by atoms with Crippen LogP contribution >= 0.6 is 0 Å². The van der Waals surface area contributed by atoms with E-state index in [4.69, 9.17) is 10.2 Å². The van der Waals surface area contributed by atoms with Crippen LogP contribution in [0, 0.1) is 0 Å². The quantitative estimate of drug-likeness (QED) is 0.434. The van der Waals surface area contributed by atoms with Crippen molar-refractivity contribution in [1.82, 2.24) is 0 Å². The van der Waals surface area contributed by atoms with E-state index in [1.807, 2.05) is 0 Å². The van der Waals surface area contributed by atoms with Gasteiger partial charge in [-0.3, -0.25) is 0 Å². The molecule has 0 radical (unpaired) electrons. The van der Waals surface area contributed by atoms with Gasteiger partial charge in [0, 0.05) is 0 Å². The monoisotopic (exact) mass is 248 g/mol. The second-order valence-corrected chi connectivity index (χ2v) is 0.765. The molecule has 10 heavy (non-hydrogen) atoms. The normalized spacial score (nSPS) is 7.60. The van der Waals surface area contributed by atoms with Crippen LogP contribution in [0.3, 0.4) is 0 Å². The number of carboxylic acid groups (broad SMARTS) is 2. The summed E-state index contributed by atoms with van der Waals surface area (Å²) in [6, 6.07) is 0. The molecule has 6 nitrogen and oxygen atoms in total. The van der Waals surface area contributed by atoms with E-state index in [9.17, 15) is 9.59 Å². The van der Waals surface area contributed by atoms with E-state index >= 15 is 0 Å². The number of hydrogen-bond acceptors (Lipinski definition) is 2. The number of nitrogens with zero attached hydrogens (tertiary/aromatic N) is 2. The summed E-state index contributed by atoms with van der Waals surface area (Å²) in [7, 11) is 0. The fourth-order valence-corrected chi connectivity index (χ4v) is 0.0855. The molecule has 0 unspecified atom stereocenters. The van der Waals surface area contributed by atoms with Gasteiger partial charge in [-0.2, -0.15) is 0 Å². The SMILES string of the molecule is O=C(O)/N=N/C(=O)O.[KH].[SrH2]. The van der Waals surface area contributed by atoms with Crippen LogP contribution in [0.1, 0.15) is 0 Å². The molecule has 50 valence electrons. The summed E-state index contributed by atoms with van der Waals surface area (Å²) in [6.07, 6.45) is -3.24. The number of hydrogen-bond donors (Lipinski definition) is 2. The van der Waals surface area contributed by atoms with Gasteiger partial charge in [0.2, 0.25) is 0 Å². The van der Waals surface area contributed by atoms with E-state index in [0.29, 0.717) is 0 Å². The number of amides is 2. The summed E-state index contributed by atoms with van der Waals surface area (Å²) in [4.78, 5) is 18.8. The van der Waals surface area contributed by atoms with Crippen LogP contribution in [0.5, 0.6) is 0 Å². The molecule has 0 aliphatic heterocycles. The zero-order valence-corrected chi connectivity index (χ0v) is 3.61. The molecule has 0 aromatic carbocycles. The van der Waals surface area contributed by atoms with Crippen LogP contribution in [0.4, 0.5) is 9.59 Å². The first-order valence-corrected chi connectivity index (χ1v) is 1.50. The van der Waals surface area contributed by atoms with Crippen molar-refractivity contribution >= 4 is 109 Å². The maximum absolute atomic E-state index is 9.38. The first-order valence-electron chi connectivity index (χ1n) is 1.50. The third-order valence-corrected chi connectivity index (χ3v) is 0.221. The Bertz CT molecular complexity index is 132. The second kappa shape index (κ2) is 10.7. The van der Waals surface area contributed by atoms with Gasteiger partial charge >= 0.3 is 109 Å². The Morgan fingerprint density at radius 2 is 1.20 bits per heavy atom. The molecule has 2 amide bonds. The molecule has 0 bridgehead atoms. The van der Waals surface area contributed by atoms with E-state index in [1.165, 1.54) is 0 Å². The minimum atomic E-state index is -1.62. The molecular weight excluding hydrogens is 243 g/mol. The van der Waals surface area contributed by atoms with Crippen molar-refractivity contribution in [2.45, 2.75) is 0 Å². The predicted molar refractivity (Wildman–Crippen MR) is 36.6 cm³/mol. The first-order chi connectivity index (χ1) is 3.63. The Balaban J connectivity index is -0.000000245. The van der Waals surface area contributed by atoms with Crippen molar-refractivity contribution < 1.29 is 19.8 Å². The number of azo groups is 1. The third-order valence-electron chi connectivity index (χ3n) is 0.221. The summed E-state index contributed by atoms with van der Waals surface area (Å²) in [5.74, 6) is 0. The average molecular weight is 248 g/mol. The van der Waals surface area contributed by atoms with Crippen molar-refractivity contribution in [2.24, 2.45) is 10.2 Å². The van der Waals surface area contributed by atoms with Crippen LogP contribution in [0.15, 0.2) is 10.2 Å². The van der Waals surface area contributed by atoms with Crippen molar-refractivity contribution in [3.8, 4) is 0 Å². The fraction of sp³-hybridized carbons (Fsp3) is 0. The summed E-state index contributed by atoms with van der Waals surface area (Å²) in [5.41, 5.74) is 0. The summed E-state index contributed by atoms with van der Waals surface area (Å²) >= 11 is 0. The number of carbonyl (C=O) groups is 2. The third kappa shape index (κ3) is 16.3. The fourth-order valence-electron chi connectivity index (χ4n) is 0.0855. The summed E-state index contributed by atoms with van der Waals surface area (Å²) in [5, 5.41) is 19.8. The Morgan fingerprint density at radius 3 is 1.30 bits per heavy atom. The van der Waals surface area contributed by atoms with Gasteiger partial charge in [0.1, 0.15) is 0 Å². The molecule has 0 saturated heterocycles. The van der Waals surface area contributed by atoms with Crippen molar-refractivity contribution in [3.05, 3.63) is 0 Å². The van der Waals surface area contributed by atoms with Crippen molar-refractivity contribution in [3.63, 3.8) is 0 Å². The predicted octanol–water partition coefficient (Wildman–Crippen LogP) is -0.770. The van der Waals surface area contributed by atoms with Crippen LogP contribution in [0.2, 0.25) is 0 Å². The molecule has 0 spiro atoms. The van der Waals surface area contributed by atoms with Gasteiger partial charge < -0.3 is 10.2 Å². The summed E-state index contributed by atoms with van der Waals surface area (Å²) < 4.78 is 0. The molecule has 0 saturated carbocycles. The van der Waals surface area contributed by atoms with E-state index in [1.54, 1.807) is 0 Å². The van der Waals surface area contributed by atoms with Crippen LogP contribution in [-0.2, 0) is 0 Å². The second-order valence-electron chi connectivity index (χ2n) is 0.765. The van der Waals surface area contributed by atoms with Gasteiger partial charge in [0.25, 0.3) is 0 Å². The van der Waals surface area contributed by atoms with Crippen molar-refractivity contribution in [1.29, 1.82) is 0 Å². The van der Waals surface area contributed by atoms with Gasteiger partial charge in [0.15, 0.2) is 0 Å². The Labute approximate surface area is 136 Å². The molecule has 0 rings (SSSR count). The molecular formula is C2H5KN2O4Sr.